The third kappa shape index (κ3) is 12.0. The van der Waals surface area contributed by atoms with Crippen molar-refractivity contribution in [3.8, 4) is 17.2 Å². The number of epoxide rings is 1. The van der Waals surface area contributed by atoms with E-state index in [4.69, 9.17) is 18.9 Å². The first kappa shape index (κ1) is 45.3. The lowest BCUT2D eigenvalue weighted by atomic mass is 10.0. The number of pyridine rings is 2. The van der Waals surface area contributed by atoms with Crippen molar-refractivity contribution in [1.29, 1.82) is 0 Å². The van der Waals surface area contributed by atoms with E-state index in [1.54, 1.807) is 6.07 Å². The first-order chi connectivity index (χ1) is 30.9. The Morgan fingerprint density at radius 1 is 0.641 bits per heavy atom. The molecule has 0 spiro atoms. The van der Waals surface area contributed by atoms with Gasteiger partial charge in [-0.1, -0.05) is 84.9 Å². The molecular weight excluding hydrogens is 824 g/mol. The number of aromatic amines is 2. The molecule has 1 aliphatic rings. The fourth-order valence-corrected chi connectivity index (χ4v) is 7.31. The minimum absolute atomic E-state index is 0. The second-order valence-electron chi connectivity index (χ2n) is 15.1. The summed E-state index contributed by atoms with van der Waals surface area (Å²) < 4.78 is 22.8. The number of fused-ring (bicyclic) bond motifs is 2. The highest BCUT2D eigenvalue weighted by Gasteiger charge is 2.27. The number of benzene rings is 6. The average molecular weight is 877 g/mol. The van der Waals surface area contributed by atoms with Gasteiger partial charge >= 0.3 is 0 Å². The van der Waals surface area contributed by atoms with Gasteiger partial charge < -0.3 is 44.7 Å². The molecule has 3 atom stereocenters. The second-order valence-corrected chi connectivity index (χ2v) is 15.1. The van der Waals surface area contributed by atoms with Gasteiger partial charge in [-0.05, 0) is 108 Å². The van der Waals surface area contributed by atoms with Crippen LogP contribution in [0, 0.1) is 0 Å². The number of hydrogen-bond donors (Lipinski definition) is 5. The van der Waals surface area contributed by atoms with Gasteiger partial charge in [0.2, 0.25) is 11.1 Å². The summed E-state index contributed by atoms with van der Waals surface area (Å²) in [5.41, 5.74) is 8.14. The molecule has 64 heavy (non-hydrogen) atoms. The molecule has 2 aromatic heterocycles. The number of rotatable bonds is 17. The second kappa shape index (κ2) is 22.0. The summed E-state index contributed by atoms with van der Waals surface area (Å²) >= 11 is 0. The standard InChI is InChI=1S/C34H35N3O4.C18H15NO3.H3P/c1-2-40-28-14-12-27(13-15-28)36-26-10-8-24(9-11-26)20-21-35-22-31(38)29-16-18-32(34-30(29)17-19-33(39)37-34)41-23-25-6-4-3-5-7-25;20-17-9-7-14-13(16-11-22-16)6-8-15(18(14)19-17)21-10-12-4-2-1-3-5-12;/h3-19,31,35-36,38H,2,20-23H2,1H3,(H,37,39);1-9,16H,10-11H2,(H,19,20);1H3/t31-;16-;/m00./s1. The SMILES string of the molecule is CCOc1ccc(Nc2ccc(CCNC[C@H](O)c3ccc(OCc4ccccc4)c4[nH]c(=O)ccc34)cc2)cc1.O=c1ccc2c([C@@H]3CO3)ccc(OCc3ccccc3)c2[nH]1.P. The number of H-pyrrole nitrogens is 2. The molecule has 1 saturated heterocycles. The predicted molar refractivity (Wildman–Crippen MR) is 259 cm³/mol. The van der Waals surface area contributed by atoms with Crippen LogP contribution in [0.1, 0.15) is 46.9 Å². The van der Waals surface area contributed by atoms with Crippen LogP contribution < -0.4 is 36.0 Å². The van der Waals surface area contributed by atoms with E-state index in [9.17, 15) is 14.7 Å². The van der Waals surface area contributed by atoms with Crippen molar-refractivity contribution >= 4 is 43.1 Å². The number of ether oxygens (including phenoxy) is 4. The van der Waals surface area contributed by atoms with Gasteiger partial charge in [0.25, 0.3) is 0 Å². The quantitative estimate of drug-likeness (QED) is 0.0343. The van der Waals surface area contributed by atoms with Crippen LogP contribution >= 0.6 is 9.90 Å². The molecule has 1 aliphatic heterocycles. The van der Waals surface area contributed by atoms with E-state index in [0.717, 1.165) is 75.2 Å². The number of anilines is 2. The van der Waals surface area contributed by atoms with Gasteiger partial charge in [0.1, 0.15) is 36.6 Å². The first-order valence-corrected chi connectivity index (χ1v) is 21.1. The van der Waals surface area contributed by atoms with Gasteiger partial charge in [0.05, 0.1) is 30.4 Å². The van der Waals surface area contributed by atoms with Crippen LogP contribution in [-0.4, -0.2) is 41.4 Å². The van der Waals surface area contributed by atoms with Crippen molar-refractivity contribution in [2.75, 3.05) is 31.6 Å². The summed E-state index contributed by atoms with van der Waals surface area (Å²) in [6.45, 7) is 5.31. The number of aromatic nitrogens is 2. The molecule has 8 aromatic rings. The van der Waals surface area contributed by atoms with Crippen LogP contribution in [0.3, 0.4) is 0 Å². The highest BCUT2D eigenvalue weighted by Crippen LogP contribution is 2.37. The normalized spacial score (nSPS) is 13.2. The van der Waals surface area contributed by atoms with E-state index >= 15 is 0 Å². The highest BCUT2D eigenvalue weighted by molar-refractivity contribution is 6.92. The van der Waals surface area contributed by atoms with Crippen molar-refractivity contribution in [3.63, 3.8) is 0 Å². The van der Waals surface area contributed by atoms with Gasteiger partial charge in [-0.3, -0.25) is 9.59 Å². The number of hydrogen-bond acceptors (Lipinski definition) is 9. The Morgan fingerprint density at radius 3 is 1.77 bits per heavy atom. The van der Waals surface area contributed by atoms with Crippen molar-refractivity contribution in [2.45, 2.75) is 38.8 Å². The lowest BCUT2D eigenvalue weighted by molar-refractivity contribution is 0.176. The Bertz CT molecular complexity index is 2850. The maximum absolute atomic E-state index is 12.1. The zero-order valence-corrected chi connectivity index (χ0v) is 37.1. The molecule has 0 amide bonds. The Kier molecular flexibility index (Phi) is 15.6. The fourth-order valence-electron chi connectivity index (χ4n) is 7.31. The Balaban J connectivity index is 0.000000223. The number of nitrogens with one attached hydrogen (secondary N) is 4. The highest BCUT2D eigenvalue weighted by atomic mass is 31.0. The summed E-state index contributed by atoms with van der Waals surface area (Å²) in [4.78, 5) is 29.5. The first-order valence-electron chi connectivity index (χ1n) is 21.1. The lowest BCUT2D eigenvalue weighted by Crippen LogP contribution is -2.24. The molecule has 3 heterocycles. The third-order valence-electron chi connectivity index (χ3n) is 10.6. The molecular formula is C52H53N4O7P. The molecule has 0 saturated carbocycles. The molecule has 0 aliphatic carbocycles. The van der Waals surface area contributed by atoms with Gasteiger partial charge in [0.15, 0.2) is 0 Å². The maximum atomic E-state index is 12.1. The van der Waals surface area contributed by atoms with Crippen molar-refractivity contribution in [3.05, 3.63) is 206 Å². The van der Waals surface area contributed by atoms with E-state index in [0.29, 0.717) is 43.4 Å². The summed E-state index contributed by atoms with van der Waals surface area (Å²) in [5, 5.41) is 19.5. The zero-order chi connectivity index (χ0) is 43.4. The minimum atomic E-state index is -0.743. The molecule has 0 radical (unpaired) electrons. The van der Waals surface area contributed by atoms with Crippen molar-refractivity contribution < 1.29 is 24.1 Å². The van der Waals surface area contributed by atoms with E-state index in [1.807, 2.05) is 122 Å². The van der Waals surface area contributed by atoms with Crippen LogP contribution in [0.4, 0.5) is 11.4 Å². The van der Waals surface area contributed by atoms with Crippen LogP contribution in [0.15, 0.2) is 167 Å². The van der Waals surface area contributed by atoms with Gasteiger partial charge in [-0.25, -0.2) is 0 Å². The smallest absolute Gasteiger partial charge is 0.248 e. The topological polar surface area (TPSA) is 150 Å². The van der Waals surface area contributed by atoms with Crippen LogP contribution in [0.25, 0.3) is 21.8 Å². The van der Waals surface area contributed by atoms with Crippen molar-refractivity contribution in [1.82, 2.24) is 15.3 Å². The Morgan fingerprint density at radius 2 is 1.19 bits per heavy atom. The molecule has 1 unspecified atom stereocenters. The predicted octanol–water partition coefficient (Wildman–Crippen LogP) is 9.35. The summed E-state index contributed by atoms with van der Waals surface area (Å²) in [6.07, 6.45) is 0.222. The van der Waals surface area contributed by atoms with E-state index < -0.39 is 6.10 Å². The molecule has 6 aromatic carbocycles. The minimum Gasteiger partial charge on any atom is -0.494 e. The molecule has 5 N–H and O–H groups in total. The maximum Gasteiger partial charge on any atom is 0.248 e. The van der Waals surface area contributed by atoms with Gasteiger partial charge in [0, 0.05) is 40.8 Å². The molecule has 9 rings (SSSR count). The largest absolute Gasteiger partial charge is 0.494 e. The lowest BCUT2D eigenvalue weighted by Gasteiger charge is -2.17. The average Bonchev–Trinajstić information content (AvgIpc) is 4.17. The van der Waals surface area contributed by atoms with Crippen LogP contribution in [0.5, 0.6) is 17.2 Å². The number of aliphatic hydroxyl groups excluding tert-OH is 1. The van der Waals surface area contributed by atoms with E-state index in [2.05, 4.69) is 44.9 Å². The summed E-state index contributed by atoms with van der Waals surface area (Å²) in [7, 11) is 0. The summed E-state index contributed by atoms with van der Waals surface area (Å²) in [6, 6.07) is 50.2. The number of aliphatic hydroxyl groups is 1. The Hall–Kier alpha value is -6.75. The molecule has 1 fully saturated rings. The molecule has 0 bridgehead atoms. The fraction of sp³-hybridized carbons (Fsp3) is 0.192. The van der Waals surface area contributed by atoms with Gasteiger partial charge in [-0.15, -0.1) is 0 Å². The monoisotopic (exact) mass is 876 g/mol. The van der Waals surface area contributed by atoms with Crippen LogP contribution in [0.2, 0.25) is 0 Å². The molecule has 328 valence electrons. The van der Waals surface area contributed by atoms with E-state index in [1.165, 1.54) is 17.7 Å². The molecule has 11 nitrogen and oxygen atoms in total. The van der Waals surface area contributed by atoms with Gasteiger partial charge in [-0.2, -0.15) is 9.90 Å². The van der Waals surface area contributed by atoms with E-state index in [-0.39, 0.29) is 27.1 Å². The van der Waals surface area contributed by atoms with Crippen LogP contribution in [-0.2, 0) is 24.4 Å². The summed E-state index contributed by atoms with van der Waals surface area (Å²) in [5.74, 6) is 2.12. The van der Waals surface area contributed by atoms with Crippen molar-refractivity contribution in [2.24, 2.45) is 0 Å². The third-order valence-corrected chi connectivity index (χ3v) is 10.6. The Labute approximate surface area is 375 Å². The zero-order valence-electron chi connectivity index (χ0n) is 35.7. The molecule has 12 heteroatoms.